The number of carbonyl (C=O) groups excluding carboxylic acids is 1. The highest BCUT2D eigenvalue weighted by Crippen LogP contribution is 2.48. The van der Waals surface area contributed by atoms with Crippen LogP contribution in [-0.2, 0) is 25.1 Å². The average Bonchev–Trinajstić information content (AvgIpc) is 2.68. The molecule has 1 aromatic carbocycles. The van der Waals surface area contributed by atoms with Crippen molar-refractivity contribution >= 4 is 15.9 Å². The number of rotatable bonds is 1. The van der Waals surface area contributed by atoms with E-state index in [9.17, 15) is 13.2 Å². The molecule has 0 unspecified atom stereocenters. The molecule has 0 atom stereocenters. The van der Waals surface area contributed by atoms with Crippen LogP contribution in [0, 0.1) is 0 Å². The molecule has 2 heterocycles. The number of benzene rings is 1. The van der Waals surface area contributed by atoms with Gasteiger partial charge in [-0.05, 0) is 30.9 Å². The number of hydrogen-bond acceptors (Lipinski definition) is 4. The topological polar surface area (TPSA) is 63.7 Å². The van der Waals surface area contributed by atoms with Crippen LogP contribution < -0.4 is 0 Å². The Morgan fingerprint density at radius 1 is 1.29 bits per heavy atom. The van der Waals surface area contributed by atoms with E-state index in [2.05, 4.69) is 0 Å². The zero-order valence-electron chi connectivity index (χ0n) is 12.0. The fourth-order valence-electron chi connectivity index (χ4n) is 3.45. The lowest BCUT2D eigenvalue weighted by atomic mass is 9.86. The number of carbonyl (C=O) groups is 1. The molecule has 1 saturated heterocycles. The molecule has 0 radical (unpaired) electrons. The molecule has 0 bridgehead atoms. The Balaban J connectivity index is 1.88. The molecule has 0 aromatic heterocycles. The van der Waals surface area contributed by atoms with E-state index in [0.29, 0.717) is 32.5 Å². The van der Waals surface area contributed by atoms with Gasteiger partial charge in [-0.1, -0.05) is 24.3 Å². The minimum Gasteiger partial charge on any atom is -0.450 e. The molecule has 0 saturated carbocycles. The molecule has 1 fully saturated rings. The zero-order valence-corrected chi connectivity index (χ0v) is 12.9. The Labute approximate surface area is 124 Å². The normalized spacial score (nSPS) is 22.0. The van der Waals surface area contributed by atoms with Crippen LogP contribution in [0.3, 0.4) is 0 Å². The van der Waals surface area contributed by atoms with Gasteiger partial charge in [0.05, 0.1) is 12.4 Å². The number of nitrogens with zero attached hydrogens (tertiary/aromatic N) is 1. The highest BCUT2D eigenvalue weighted by Gasteiger charge is 2.53. The summed E-state index contributed by atoms with van der Waals surface area (Å²) in [4.78, 5) is 13.4. The van der Waals surface area contributed by atoms with Crippen molar-refractivity contribution in [2.75, 3.05) is 19.7 Å². The molecule has 21 heavy (non-hydrogen) atoms. The van der Waals surface area contributed by atoms with Gasteiger partial charge in [-0.3, -0.25) is 0 Å². The quantitative estimate of drug-likeness (QED) is 0.796. The Bertz CT molecular complexity index is 660. The Morgan fingerprint density at radius 2 is 1.95 bits per heavy atom. The van der Waals surface area contributed by atoms with E-state index >= 15 is 0 Å². The van der Waals surface area contributed by atoms with Crippen molar-refractivity contribution in [1.29, 1.82) is 0 Å². The van der Waals surface area contributed by atoms with Gasteiger partial charge in [-0.25, -0.2) is 13.2 Å². The van der Waals surface area contributed by atoms with Crippen LogP contribution in [0.1, 0.15) is 30.9 Å². The summed E-state index contributed by atoms with van der Waals surface area (Å²) in [5.74, 6) is 0.114. The maximum Gasteiger partial charge on any atom is 0.409 e. The van der Waals surface area contributed by atoms with Gasteiger partial charge in [0.2, 0.25) is 0 Å². The smallest absolute Gasteiger partial charge is 0.409 e. The van der Waals surface area contributed by atoms with Crippen LogP contribution in [0.5, 0.6) is 0 Å². The summed E-state index contributed by atoms with van der Waals surface area (Å²) in [6.45, 7) is 2.95. The van der Waals surface area contributed by atoms with Gasteiger partial charge in [0.1, 0.15) is 4.75 Å². The number of piperidine rings is 1. The van der Waals surface area contributed by atoms with Gasteiger partial charge in [0, 0.05) is 13.1 Å². The predicted molar refractivity (Wildman–Crippen MR) is 78.6 cm³/mol. The second-order valence-electron chi connectivity index (χ2n) is 5.60. The van der Waals surface area contributed by atoms with E-state index in [1.54, 1.807) is 11.8 Å². The molecule has 1 amide bonds. The van der Waals surface area contributed by atoms with Crippen LogP contribution in [0.15, 0.2) is 24.3 Å². The molecule has 1 spiro atoms. The van der Waals surface area contributed by atoms with Gasteiger partial charge in [-0.2, -0.15) is 0 Å². The van der Waals surface area contributed by atoms with Crippen molar-refractivity contribution in [3.8, 4) is 0 Å². The molecule has 5 nitrogen and oxygen atoms in total. The molecule has 2 aliphatic heterocycles. The summed E-state index contributed by atoms with van der Waals surface area (Å²) in [5, 5.41) is 0. The van der Waals surface area contributed by atoms with E-state index in [0.717, 1.165) is 11.1 Å². The van der Waals surface area contributed by atoms with Crippen molar-refractivity contribution in [3.63, 3.8) is 0 Å². The van der Waals surface area contributed by atoms with E-state index in [1.807, 2.05) is 24.3 Å². The minimum absolute atomic E-state index is 0.114. The molecular weight excluding hydrogens is 290 g/mol. The van der Waals surface area contributed by atoms with Crippen LogP contribution in [0.4, 0.5) is 4.79 Å². The summed E-state index contributed by atoms with van der Waals surface area (Å²) in [5.41, 5.74) is 1.83. The highest BCUT2D eigenvalue weighted by molar-refractivity contribution is 7.92. The van der Waals surface area contributed by atoms with Gasteiger partial charge >= 0.3 is 6.09 Å². The summed E-state index contributed by atoms with van der Waals surface area (Å²) >= 11 is 0. The second-order valence-corrected chi connectivity index (χ2v) is 7.90. The maximum atomic E-state index is 12.7. The summed E-state index contributed by atoms with van der Waals surface area (Å²) in [6, 6.07) is 7.57. The first kappa shape index (κ1) is 14.4. The largest absolute Gasteiger partial charge is 0.450 e. The number of sulfone groups is 1. The SMILES string of the molecule is CCOC(=O)N1CCC2(CC1)c1ccccc1CS2(=O)=O. The first-order valence-electron chi connectivity index (χ1n) is 7.22. The number of fused-ring (bicyclic) bond motifs is 2. The van der Waals surface area contributed by atoms with Crippen molar-refractivity contribution in [2.45, 2.75) is 30.3 Å². The Morgan fingerprint density at radius 3 is 2.62 bits per heavy atom. The lowest BCUT2D eigenvalue weighted by molar-refractivity contribution is 0.0942. The van der Waals surface area contributed by atoms with Crippen LogP contribution >= 0.6 is 0 Å². The molecule has 0 aliphatic carbocycles. The lowest BCUT2D eigenvalue weighted by Crippen LogP contribution is -2.47. The Hall–Kier alpha value is -1.56. The first-order valence-corrected chi connectivity index (χ1v) is 8.88. The molecule has 0 N–H and O–H groups in total. The van der Waals surface area contributed by atoms with Crippen LogP contribution in [0.2, 0.25) is 0 Å². The zero-order chi connectivity index (χ0) is 15.1. The predicted octanol–water partition coefficient (Wildman–Crippen LogP) is 2.06. The maximum absolute atomic E-state index is 12.7. The fraction of sp³-hybridized carbons (Fsp3) is 0.533. The van der Waals surface area contributed by atoms with E-state index in [4.69, 9.17) is 4.74 Å². The van der Waals surface area contributed by atoms with Crippen molar-refractivity contribution in [1.82, 2.24) is 4.90 Å². The van der Waals surface area contributed by atoms with Crippen LogP contribution in [0.25, 0.3) is 0 Å². The summed E-state index contributed by atoms with van der Waals surface area (Å²) < 4.78 is 29.5. The van der Waals surface area contributed by atoms with Crippen molar-refractivity contribution < 1.29 is 17.9 Å². The molecule has 6 heteroatoms. The molecule has 1 aromatic rings. The third-order valence-electron chi connectivity index (χ3n) is 4.55. The van der Waals surface area contributed by atoms with Gasteiger partial charge in [0.15, 0.2) is 9.84 Å². The van der Waals surface area contributed by atoms with Crippen molar-refractivity contribution in [2.24, 2.45) is 0 Å². The van der Waals surface area contributed by atoms with E-state index < -0.39 is 14.6 Å². The summed E-state index contributed by atoms with van der Waals surface area (Å²) in [6.07, 6.45) is 0.548. The van der Waals surface area contributed by atoms with Gasteiger partial charge in [-0.15, -0.1) is 0 Å². The third kappa shape index (κ3) is 2.12. The Kier molecular flexibility index (Phi) is 3.43. The number of hydrogen-bond donors (Lipinski definition) is 0. The molecule has 2 aliphatic rings. The van der Waals surface area contributed by atoms with Crippen LogP contribution in [-0.4, -0.2) is 39.1 Å². The van der Waals surface area contributed by atoms with Gasteiger partial charge in [0.25, 0.3) is 0 Å². The van der Waals surface area contributed by atoms with Gasteiger partial charge < -0.3 is 9.64 Å². The number of ether oxygens (including phenoxy) is 1. The number of amides is 1. The molecule has 3 rings (SSSR count). The number of likely N-dealkylation sites (tertiary alicyclic amines) is 1. The standard InChI is InChI=1S/C15H19NO4S/c1-2-20-14(17)16-9-7-15(8-10-16)13-6-4-3-5-12(13)11-21(15,18)19/h3-6H,2,7-11H2,1H3. The minimum atomic E-state index is -3.21. The lowest BCUT2D eigenvalue weighted by Gasteiger charge is -2.38. The first-order chi connectivity index (χ1) is 10.00. The third-order valence-corrected chi connectivity index (χ3v) is 7.06. The average molecular weight is 309 g/mol. The van der Waals surface area contributed by atoms with Crippen molar-refractivity contribution in [3.05, 3.63) is 35.4 Å². The molecular formula is C15H19NO4S. The summed E-state index contributed by atoms with van der Waals surface area (Å²) in [7, 11) is -3.21. The highest BCUT2D eigenvalue weighted by atomic mass is 32.2. The molecule has 114 valence electrons. The monoisotopic (exact) mass is 309 g/mol. The fourth-order valence-corrected chi connectivity index (χ4v) is 5.72. The second kappa shape index (κ2) is 5.02. The van der Waals surface area contributed by atoms with E-state index in [1.165, 1.54) is 0 Å². The van der Waals surface area contributed by atoms with E-state index in [-0.39, 0.29) is 11.8 Å².